The second-order valence-electron chi connectivity index (χ2n) is 10.6. The van der Waals surface area contributed by atoms with E-state index in [1.54, 1.807) is 35.2 Å². The number of sulfonamides is 1. The number of carbonyl (C=O) groups excluding carboxylic acids is 2. The van der Waals surface area contributed by atoms with Gasteiger partial charge in [-0.1, -0.05) is 74.0 Å². The molecule has 0 saturated carbocycles. The van der Waals surface area contributed by atoms with Gasteiger partial charge in [0.1, 0.15) is 11.8 Å². The number of hydrogen-bond donors (Lipinski definition) is 1. The van der Waals surface area contributed by atoms with Crippen molar-refractivity contribution in [2.24, 2.45) is 5.92 Å². The number of amides is 2. The second kappa shape index (κ2) is 15.6. The average Bonchev–Trinajstić information content (AvgIpc) is 2.96. The Balaban J connectivity index is 1.88. The third-order valence-electron chi connectivity index (χ3n) is 6.77. The van der Waals surface area contributed by atoms with Gasteiger partial charge in [0.2, 0.25) is 21.8 Å². The third kappa shape index (κ3) is 9.77. The number of anilines is 1. The highest BCUT2D eigenvalue weighted by Crippen LogP contribution is 2.24. The van der Waals surface area contributed by atoms with E-state index in [2.05, 4.69) is 5.32 Å². The van der Waals surface area contributed by atoms with Crippen LogP contribution in [0.5, 0.6) is 5.75 Å². The number of rotatable bonds is 15. The van der Waals surface area contributed by atoms with Crippen molar-refractivity contribution in [2.45, 2.75) is 45.7 Å². The highest BCUT2D eigenvalue weighted by Gasteiger charge is 2.31. The fourth-order valence-electron chi connectivity index (χ4n) is 4.54. The Kier molecular flexibility index (Phi) is 12.2. The van der Waals surface area contributed by atoms with Crippen LogP contribution in [0.3, 0.4) is 0 Å². The second-order valence-corrected chi connectivity index (χ2v) is 12.9. The first-order valence-corrected chi connectivity index (χ1v) is 16.2. The van der Waals surface area contributed by atoms with Crippen LogP contribution in [-0.4, -0.2) is 57.6 Å². The topological polar surface area (TPSA) is 96.0 Å². The SMILES string of the molecule is COc1ccc(N(CCCC(=O)N(Cc2ccccc2Cl)C(Cc2ccccc2)C(=O)NCC(C)C)S(C)(=O)=O)cc1. The lowest BCUT2D eigenvalue weighted by Crippen LogP contribution is -2.51. The standard InChI is InChI=1S/C32H40ClN3O5S/c1-24(2)22-34-32(38)30(21-25-11-6-5-7-12-25)35(23-26-13-8-9-14-29(26)33)31(37)15-10-20-36(42(4,39)40)27-16-18-28(41-3)19-17-27/h5-9,11-14,16-19,24,30H,10,15,20-23H2,1-4H3,(H,34,38). The Bertz CT molecular complexity index is 1420. The molecule has 0 aromatic heterocycles. The van der Waals surface area contributed by atoms with Crippen LogP contribution >= 0.6 is 11.6 Å². The molecule has 0 aliphatic carbocycles. The molecule has 42 heavy (non-hydrogen) atoms. The number of nitrogens with zero attached hydrogens (tertiary/aromatic N) is 2. The zero-order valence-corrected chi connectivity index (χ0v) is 26.2. The van der Waals surface area contributed by atoms with Crippen LogP contribution in [0, 0.1) is 5.92 Å². The zero-order valence-electron chi connectivity index (χ0n) is 24.6. The summed E-state index contributed by atoms with van der Waals surface area (Å²) in [5.74, 6) is 0.333. The Morgan fingerprint density at radius 1 is 0.952 bits per heavy atom. The van der Waals surface area contributed by atoms with E-state index in [9.17, 15) is 18.0 Å². The van der Waals surface area contributed by atoms with E-state index < -0.39 is 16.1 Å². The lowest BCUT2D eigenvalue weighted by Gasteiger charge is -2.32. The highest BCUT2D eigenvalue weighted by molar-refractivity contribution is 7.92. The number of halogens is 1. The number of methoxy groups -OCH3 is 1. The van der Waals surface area contributed by atoms with Crippen LogP contribution in [0.4, 0.5) is 5.69 Å². The molecule has 8 nitrogen and oxygen atoms in total. The van der Waals surface area contributed by atoms with Gasteiger partial charge in [0.05, 0.1) is 19.1 Å². The minimum Gasteiger partial charge on any atom is -0.497 e. The van der Waals surface area contributed by atoms with E-state index in [-0.39, 0.29) is 43.7 Å². The van der Waals surface area contributed by atoms with E-state index in [0.717, 1.165) is 17.4 Å². The van der Waals surface area contributed by atoms with Crippen molar-refractivity contribution >= 4 is 39.1 Å². The van der Waals surface area contributed by atoms with Gasteiger partial charge in [-0.3, -0.25) is 13.9 Å². The first-order chi connectivity index (χ1) is 20.0. The van der Waals surface area contributed by atoms with Crippen molar-refractivity contribution in [3.63, 3.8) is 0 Å². The summed E-state index contributed by atoms with van der Waals surface area (Å²) in [6.45, 7) is 4.73. The molecule has 0 radical (unpaired) electrons. The van der Waals surface area contributed by atoms with E-state index in [4.69, 9.17) is 16.3 Å². The molecule has 1 atom stereocenters. The monoisotopic (exact) mass is 613 g/mol. The van der Waals surface area contributed by atoms with Gasteiger partial charge in [0.15, 0.2) is 0 Å². The minimum absolute atomic E-state index is 0.0371. The quantitative estimate of drug-likeness (QED) is 0.251. The van der Waals surface area contributed by atoms with E-state index >= 15 is 0 Å². The predicted molar refractivity (Wildman–Crippen MR) is 168 cm³/mol. The van der Waals surface area contributed by atoms with E-state index in [1.165, 1.54) is 11.4 Å². The van der Waals surface area contributed by atoms with Gasteiger partial charge in [-0.15, -0.1) is 0 Å². The van der Waals surface area contributed by atoms with Gasteiger partial charge in [-0.25, -0.2) is 8.42 Å². The molecule has 0 saturated heterocycles. The minimum atomic E-state index is -3.61. The fourth-order valence-corrected chi connectivity index (χ4v) is 5.70. The van der Waals surface area contributed by atoms with Crippen molar-refractivity contribution in [1.29, 1.82) is 0 Å². The zero-order chi connectivity index (χ0) is 30.7. The Labute approximate surface area is 254 Å². The predicted octanol–water partition coefficient (Wildman–Crippen LogP) is 5.31. The third-order valence-corrected chi connectivity index (χ3v) is 8.33. The van der Waals surface area contributed by atoms with Crippen molar-refractivity contribution in [1.82, 2.24) is 10.2 Å². The van der Waals surface area contributed by atoms with Crippen LogP contribution in [0.25, 0.3) is 0 Å². The van der Waals surface area contributed by atoms with Crippen LogP contribution < -0.4 is 14.4 Å². The fraction of sp³-hybridized carbons (Fsp3) is 0.375. The van der Waals surface area contributed by atoms with E-state index in [1.807, 2.05) is 62.4 Å². The first kappa shape index (κ1) is 32.9. The van der Waals surface area contributed by atoms with Gasteiger partial charge in [0.25, 0.3) is 0 Å². The summed E-state index contributed by atoms with van der Waals surface area (Å²) < 4.78 is 31.7. The van der Waals surface area contributed by atoms with Gasteiger partial charge in [-0.05, 0) is 53.8 Å². The number of carbonyl (C=O) groups is 2. The van der Waals surface area contributed by atoms with Crippen LogP contribution in [0.2, 0.25) is 5.02 Å². The highest BCUT2D eigenvalue weighted by atomic mass is 35.5. The summed E-state index contributed by atoms with van der Waals surface area (Å²) in [7, 11) is -2.07. The van der Waals surface area contributed by atoms with Crippen LogP contribution in [-0.2, 0) is 32.6 Å². The van der Waals surface area contributed by atoms with E-state index in [0.29, 0.717) is 29.4 Å². The van der Waals surface area contributed by atoms with Crippen molar-refractivity contribution in [3.8, 4) is 5.75 Å². The van der Waals surface area contributed by atoms with Gasteiger partial charge < -0.3 is 15.0 Å². The molecule has 0 fully saturated rings. The molecule has 0 bridgehead atoms. The smallest absolute Gasteiger partial charge is 0.243 e. The summed E-state index contributed by atoms with van der Waals surface area (Å²) >= 11 is 6.48. The number of hydrogen-bond acceptors (Lipinski definition) is 5. The largest absolute Gasteiger partial charge is 0.497 e. The lowest BCUT2D eigenvalue weighted by molar-refractivity contribution is -0.141. The molecule has 2 amide bonds. The molecule has 1 unspecified atom stereocenters. The molecular formula is C32H40ClN3O5S. The Morgan fingerprint density at radius 3 is 2.19 bits per heavy atom. The molecule has 0 aliphatic heterocycles. The molecule has 3 aromatic carbocycles. The van der Waals surface area contributed by atoms with Gasteiger partial charge in [0, 0.05) is 37.5 Å². The number of benzene rings is 3. The van der Waals surface area contributed by atoms with Gasteiger partial charge >= 0.3 is 0 Å². The molecule has 0 heterocycles. The summed E-state index contributed by atoms with van der Waals surface area (Å²) in [5.41, 5.74) is 2.12. The molecule has 0 aliphatic rings. The van der Waals surface area contributed by atoms with Crippen LogP contribution in [0.1, 0.15) is 37.8 Å². The molecule has 3 aromatic rings. The Hall–Kier alpha value is -3.56. The molecule has 10 heteroatoms. The van der Waals surface area contributed by atoms with Gasteiger partial charge in [-0.2, -0.15) is 0 Å². The summed E-state index contributed by atoms with van der Waals surface area (Å²) in [6, 6.07) is 22.7. The maximum atomic E-state index is 13.9. The summed E-state index contributed by atoms with van der Waals surface area (Å²) in [5, 5.41) is 3.50. The summed E-state index contributed by atoms with van der Waals surface area (Å²) in [4.78, 5) is 29.1. The maximum absolute atomic E-state index is 13.9. The molecule has 226 valence electrons. The number of nitrogens with one attached hydrogen (secondary N) is 1. The molecule has 3 rings (SSSR count). The summed E-state index contributed by atoms with van der Waals surface area (Å²) in [6.07, 6.45) is 1.75. The maximum Gasteiger partial charge on any atom is 0.243 e. The van der Waals surface area contributed by atoms with Crippen LogP contribution in [0.15, 0.2) is 78.9 Å². The van der Waals surface area contributed by atoms with Crippen molar-refractivity contribution in [2.75, 3.05) is 30.8 Å². The average molecular weight is 614 g/mol. The first-order valence-electron chi connectivity index (χ1n) is 14.0. The molecule has 1 N–H and O–H groups in total. The van der Waals surface area contributed by atoms with Crippen molar-refractivity contribution in [3.05, 3.63) is 95.0 Å². The molecule has 0 spiro atoms. The van der Waals surface area contributed by atoms with Crippen molar-refractivity contribution < 1.29 is 22.7 Å². The normalized spacial score (nSPS) is 12.0. The Morgan fingerprint density at radius 2 is 1.60 bits per heavy atom. The molecular weight excluding hydrogens is 574 g/mol. The number of ether oxygens (including phenoxy) is 1. The lowest BCUT2D eigenvalue weighted by atomic mass is 10.0.